The Labute approximate surface area is 130 Å². The monoisotopic (exact) mass is 347 g/mol. The van der Waals surface area contributed by atoms with Crippen LogP contribution in [0.1, 0.15) is 13.3 Å². The Bertz CT molecular complexity index is 811. The zero-order valence-corrected chi connectivity index (χ0v) is 13.2. The first-order valence-corrected chi connectivity index (χ1v) is 7.60. The van der Waals surface area contributed by atoms with E-state index in [0.717, 1.165) is 39.9 Å². The number of nitrogen functional groups attached to an aromatic ring is 1. The molecule has 0 bridgehead atoms. The lowest BCUT2D eigenvalue weighted by Crippen LogP contribution is -2.02. The molecule has 1 heterocycles. The average Bonchev–Trinajstić information content (AvgIpc) is 2.77. The van der Waals surface area contributed by atoms with Crippen molar-refractivity contribution in [3.8, 4) is 11.4 Å². The van der Waals surface area contributed by atoms with Gasteiger partial charge in [0.1, 0.15) is 11.6 Å². The summed E-state index contributed by atoms with van der Waals surface area (Å²) in [7, 11) is 0. The number of hydrogen-bond acceptors (Lipinski definition) is 2. The van der Waals surface area contributed by atoms with Crippen LogP contribution in [0.25, 0.3) is 22.4 Å². The second-order valence-corrected chi connectivity index (χ2v) is 5.87. The minimum atomic E-state index is -0.336. The Morgan fingerprint density at radius 3 is 2.76 bits per heavy atom. The third-order valence-corrected chi connectivity index (χ3v) is 3.91. The molecular formula is C16H15BrFN3. The van der Waals surface area contributed by atoms with Gasteiger partial charge in [0.15, 0.2) is 0 Å². The number of fused-ring (bicyclic) bond motifs is 1. The molecule has 3 aromatic rings. The standard InChI is InChI=1S/C16H15BrFN3/c1-2-7-21-15-6-3-10(17)8-14(15)20-16(21)12-5-4-11(18)9-13(12)19/h3-6,8-9H,2,7,19H2,1H3. The fourth-order valence-corrected chi connectivity index (χ4v) is 2.84. The fraction of sp³-hybridized carbons (Fsp3) is 0.188. The van der Waals surface area contributed by atoms with Gasteiger partial charge in [-0.3, -0.25) is 0 Å². The predicted molar refractivity (Wildman–Crippen MR) is 87.5 cm³/mol. The van der Waals surface area contributed by atoms with Gasteiger partial charge in [0.25, 0.3) is 0 Å². The molecule has 5 heteroatoms. The maximum Gasteiger partial charge on any atom is 0.143 e. The van der Waals surface area contributed by atoms with E-state index in [-0.39, 0.29) is 5.82 Å². The van der Waals surface area contributed by atoms with Gasteiger partial charge in [-0.25, -0.2) is 9.37 Å². The minimum Gasteiger partial charge on any atom is -0.398 e. The van der Waals surface area contributed by atoms with Crippen molar-refractivity contribution in [2.75, 3.05) is 5.73 Å². The van der Waals surface area contributed by atoms with Gasteiger partial charge in [-0.1, -0.05) is 22.9 Å². The van der Waals surface area contributed by atoms with Gasteiger partial charge >= 0.3 is 0 Å². The second-order valence-electron chi connectivity index (χ2n) is 4.95. The van der Waals surface area contributed by atoms with E-state index >= 15 is 0 Å². The first-order valence-electron chi connectivity index (χ1n) is 6.81. The molecule has 0 aliphatic carbocycles. The highest BCUT2D eigenvalue weighted by Crippen LogP contribution is 2.30. The molecule has 0 amide bonds. The van der Waals surface area contributed by atoms with E-state index in [0.29, 0.717) is 5.69 Å². The fourth-order valence-electron chi connectivity index (χ4n) is 2.50. The molecule has 108 valence electrons. The van der Waals surface area contributed by atoms with Gasteiger partial charge in [-0.15, -0.1) is 0 Å². The second kappa shape index (κ2) is 5.48. The lowest BCUT2D eigenvalue weighted by atomic mass is 10.1. The van der Waals surface area contributed by atoms with Gasteiger partial charge < -0.3 is 10.3 Å². The number of rotatable bonds is 3. The summed E-state index contributed by atoms with van der Waals surface area (Å²) in [6, 6.07) is 10.4. The van der Waals surface area contributed by atoms with E-state index in [2.05, 4.69) is 32.4 Å². The summed E-state index contributed by atoms with van der Waals surface area (Å²) in [5.41, 5.74) is 9.09. The molecule has 0 aliphatic rings. The van der Waals surface area contributed by atoms with Crippen LogP contribution >= 0.6 is 15.9 Å². The van der Waals surface area contributed by atoms with Crippen LogP contribution in [0.15, 0.2) is 40.9 Å². The Kier molecular flexibility index (Phi) is 3.68. The summed E-state index contributed by atoms with van der Waals surface area (Å²) in [5.74, 6) is 0.444. The van der Waals surface area contributed by atoms with Crippen LogP contribution in [0.2, 0.25) is 0 Å². The van der Waals surface area contributed by atoms with Crippen LogP contribution < -0.4 is 5.73 Å². The molecule has 0 unspecified atom stereocenters. The van der Waals surface area contributed by atoms with E-state index in [4.69, 9.17) is 5.73 Å². The van der Waals surface area contributed by atoms with Crippen LogP contribution in [-0.4, -0.2) is 9.55 Å². The largest absolute Gasteiger partial charge is 0.398 e. The number of hydrogen-bond donors (Lipinski definition) is 1. The van der Waals surface area contributed by atoms with Gasteiger partial charge in [-0.05, 0) is 42.8 Å². The zero-order valence-electron chi connectivity index (χ0n) is 11.6. The predicted octanol–water partition coefficient (Wildman–Crippen LogP) is 4.60. The number of nitrogens with zero attached hydrogens (tertiary/aromatic N) is 2. The van der Waals surface area contributed by atoms with Crippen molar-refractivity contribution in [2.45, 2.75) is 19.9 Å². The molecule has 0 fully saturated rings. The van der Waals surface area contributed by atoms with Gasteiger partial charge in [0.05, 0.1) is 11.0 Å². The van der Waals surface area contributed by atoms with Crippen molar-refractivity contribution < 1.29 is 4.39 Å². The smallest absolute Gasteiger partial charge is 0.143 e. The molecule has 0 saturated heterocycles. The zero-order chi connectivity index (χ0) is 15.0. The van der Waals surface area contributed by atoms with Crippen LogP contribution in [0.3, 0.4) is 0 Å². The third-order valence-electron chi connectivity index (χ3n) is 3.41. The van der Waals surface area contributed by atoms with E-state index < -0.39 is 0 Å². The third kappa shape index (κ3) is 2.53. The molecule has 21 heavy (non-hydrogen) atoms. The molecule has 3 nitrogen and oxygen atoms in total. The molecule has 0 spiro atoms. The summed E-state index contributed by atoms with van der Waals surface area (Å²) < 4.78 is 16.4. The van der Waals surface area contributed by atoms with Gasteiger partial charge in [-0.2, -0.15) is 0 Å². The first-order chi connectivity index (χ1) is 10.1. The molecule has 3 rings (SSSR count). The minimum absolute atomic E-state index is 0.336. The first kappa shape index (κ1) is 14.1. The number of aromatic nitrogens is 2. The number of aryl methyl sites for hydroxylation is 1. The normalized spacial score (nSPS) is 11.2. The molecule has 0 radical (unpaired) electrons. The summed E-state index contributed by atoms with van der Waals surface area (Å²) in [6.45, 7) is 2.95. The van der Waals surface area contributed by atoms with Crippen LogP contribution in [-0.2, 0) is 6.54 Å². The van der Waals surface area contributed by atoms with Crippen molar-refractivity contribution in [3.63, 3.8) is 0 Å². The molecular weight excluding hydrogens is 333 g/mol. The molecule has 2 aromatic carbocycles. The van der Waals surface area contributed by atoms with Crippen LogP contribution in [0.5, 0.6) is 0 Å². The van der Waals surface area contributed by atoms with Gasteiger partial charge in [0, 0.05) is 22.3 Å². The number of nitrogens with two attached hydrogens (primary N) is 1. The van der Waals surface area contributed by atoms with Crippen LogP contribution in [0, 0.1) is 5.82 Å². The van der Waals surface area contributed by atoms with Crippen molar-refractivity contribution in [2.24, 2.45) is 0 Å². The summed E-state index contributed by atoms with van der Waals surface area (Å²) in [4.78, 5) is 4.68. The molecule has 0 aliphatic heterocycles. The Hall–Kier alpha value is -1.88. The van der Waals surface area contributed by atoms with E-state index in [1.165, 1.54) is 12.1 Å². The Balaban J connectivity index is 2.27. The lowest BCUT2D eigenvalue weighted by molar-refractivity contribution is 0.628. The highest BCUT2D eigenvalue weighted by Gasteiger charge is 2.14. The van der Waals surface area contributed by atoms with Crippen molar-refractivity contribution in [1.82, 2.24) is 9.55 Å². The molecule has 0 atom stereocenters. The van der Waals surface area contributed by atoms with E-state index in [9.17, 15) is 4.39 Å². The van der Waals surface area contributed by atoms with Gasteiger partial charge in [0.2, 0.25) is 0 Å². The Morgan fingerprint density at radius 1 is 1.24 bits per heavy atom. The van der Waals surface area contributed by atoms with Crippen molar-refractivity contribution in [3.05, 3.63) is 46.7 Å². The quantitative estimate of drug-likeness (QED) is 0.703. The summed E-state index contributed by atoms with van der Waals surface area (Å²) in [6.07, 6.45) is 0.982. The average molecular weight is 348 g/mol. The van der Waals surface area contributed by atoms with E-state index in [1.54, 1.807) is 6.07 Å². The maximum absolute atomic E-state index is 13.3. The van der Waals surface area contributed by atoms with Crippen molar-refractivity contribution in [1.29, 1.82) is 0 Å². The number of imidazole rings is 1. The lowest BCUT2D eigenvalue weighted by Gasteiger charge is -2.09. The highest BCUT2D eigenvalue weighted by atomic mass is 79.9. The molecule has 2 N–H and O–H groups in total. The highest BCUT2D eigenvalue weighted by molar-refractivity contribution is 9.10. The topological polar surface area (TPSA) is 43.8 Å². The molecule has 0 saturated carbocycles. The molecule has 1 aromatic heterocycles. The maximum atomic E-state index is 13.3. The number of halogens is 2. The van der Waals surface area contributed by atoms with Crippen molar-refractivity contribution >= 4 is 32.7 Å². The summed E-state index contributed by atoms with van der Waals surface area (Å²) >= 11 is 3.46. The number of anilines is 1. The SMILES string of the molecule is CCCn1c(-c2ccc(F)cc2N)nc2cc(Br)ccc21. The Morgan fingerprint density at radius 2 is 2.05 bits per heavy atom. The van der Waals surface area contributed by atoms with E-state index in [1.807, 2.05) is 18.2 Å². The number of benzene rings is 2. The van der Waals surface area contributed by atoms with Crippen LogP contribution in [0.4, 0.5) is 10.1 Å². The summed E-state index contributed by atoms with van der Waals surface area (Å²) in [5, 5.41) is 0.